The number of nitrogens with zero attached hydrogens (tertiary/aromatic N) is 1. The fraction of sp³-hybridized carbons (Fsp3) is 0.867. The third kappa shape index (κ3) is 3.10. The zero-order chi connectivity index (χ0) is 14.0. The van der Waals surface area contributed by atoms with Crippen LogP contribution in [0.5, 0.6) is 0 Å². The lowest BCUT2D eigenvalue weighted by Crippen LogP contribution is -2.41. The number of carbonyl (C=O) groups excluding carboxylic acids is 1. The molecule has 0 spiro atoms. The monoisotopic (exact) mass is 267 g/mol. The van der Waals surface area contributed by atoms with E-state index in [2.05, 4.69) is 13.8 Å². The van der Waals surface area contributed by atoms with Crippen LogP contribution in [-0.4, -0.2) is 34.5 Å². The first kappa shape index (κ1) is 14.4. The van der Waals surface area contributed by atoms with Gasteiger partial charge in [0.05, 0.1) is 11.8 Å². The van der Waals surface area contributed by atoms with Gasteiger partial charge in [-0.1, -0.05) is 20.3 Å². The van der Waals surface area contributed by atoms with E-state index >= 15 is 0 Å². The molecule has 2 aliphatic carbocycles. The zero-order valence-electron chi connectivity index (χ0n) is 12.0. The van der Waals surface area contributed by atoms with Crippen LogP contribution in [0.25, 0.3) is 0 Å². The number of rotatable bonds is 6. The molecule has 2 fully saturated rings. The summed E-state index contributed by atoms with van der Waals surface area (Å²) in [5.74, 6) is -1.03. The molecule has 108 valence electrons. The molecule has 1 unspecified atom stereocenters. The van der Waals surface area contributed by atoms with Crippen LogP contribution in [0.4, 0.5) is 0 Å². The molecule has 4 nitrogen and oxygen atoms in total. The van der Waals surface area contributed by atoms with Gasteiger partial charge in [0.1, 0.15) is 0 Å². The number of aliphatic carboxylic acids is 1. The maximum atomic E-state index is 12.7. The maximum Gasteiger partial charge on any atom is 0.307 e. The first-order chi connectivity index (χ1) is 9.08. The zero-order valence-corrected chi connectivity index (χ0v) is 12.0. The number of amides is 1. The fourth-order valence-electron chi connectivity index (χ4n) is 3.33. The maximum absolute atomic E-state index is 12.7. The molecule has 4 heteroatoms. The number of hydrogen-bond donors (Lipinski definition) is 1. The van der Waals surface area contributed by atoms with Gasteiger partial charge in [0, 0.05) is 12.6 Å². The highest BCUT2D eigenvalue weighted by Crippen LogP contribution is 2.41. The average molecular weight is 267 g/mol. The molecule has 2 saturated carbocycles. The SMILES string of the molecule is CCCN(C(=O)[C@H]1CC(CC)C[C@H]1C(=O)O)C1CC1. The van der Waals surface area contributed by atoms with Crippen LogP contribution in [0, 0.1) is 17.8 Å². The van der Waals surface area contributed by atoms with Gasteiger partial charge in [0.15, 0.2) is 0 Å². The summed E-state index contributed by atoms with van der Waals surface area (Å²) < 4.78 is 0. The van der Waals surface area contributed by atoms with Crippen molar-refractivity contribution >= 4 is 11.9 Å². The minimum Gasteiger partial charge on any atom is -0.481 e. The Kier molecular flexibility index (Phi) is 4.48. The Hall–Kier alpha value is -1.06. The van der Waals surface area contributed by atoms with E-state index in [4.69, 9.17) is 0 Å². The summed E-state index contributed by atoms with van der Waals surface area (Å²) in [6.45, 7) is 4.94. The van der Waals surface area contributed by atoms with E-state index in [0.29, 0.717) is 18.4 Å². The third-order valence-corrected chi connectivity index (χ3v) is 4.61. The minimum atomic E-state index is -0.790. The molecule has 0 radical (unpaired) electrons. The van der Waals surface area contributed by atoms with Crippen molar-refractivity contribution in [3.8, 4) is 0 Å². The Bertz CT molecular complexity index is 351. The van der Waals surface area contributed by atoms with E-state index in [1.165, 1.54) is 0 Å². The van der Waals surface area contributed by atoms with Crippen molar-refractivity contribution in [3.05, 3.63) is 0 Å². The lowest BCUT2D eigenvalue weighted by Gasteiger charge is -2.27. The Balaban J connectivity index is 2.08. The van der Waals surface area contributed by atoms with Crippen LogP contribution in [-0.2, 0) is 9.59 Å². The molecular weight excluding hydrogens is 242 g/mol. The molecule has 3 atom stereocenters. The van der Waals surface area contributed by atoms with Crippen molar-refractivity contribution in [3.63, 3.8) is 0 Å². The van der Waals surface area contributed by atoms with Gasteiger partial charge >= 0.3 is 5.97 Å². The van der Waals surface area contributed by atoms with Crippen molar-refractivity contribution in [1.82, 2.24) is 4.90 Å². The molecule has 1 N–H and O–H groups in total. The van der Waals surface area contributed by atoms with Crippen LogP contribution in [0.2, 0.25) is 0 Å². The molecule has 0 heterocycles. The van der Waals surface area contributed by atoms with Crippen molar-refractivity contribution in [2.24, 2.45) is 17.8 Å². The number of carboxylic acids is 1. The highest BCUT2D eigenvalue weighted by molar-refractivity contribution is 5.85. The predicted octanol–water partition coefficient (Wildman–Crippen LogP) is 2.52. The Morgan fingerprint density at radius 3 is 2.26 bits per heavy atom. The molecule has 0 aromatic carbocycles. The van der Waals surface area contributed by atoms with Gasteiger partial charge in [0.25, 0.3) is 0 Å². The van der Waals surface area contributed by atoms with E-state index in [-0.39, 0.29) is 11.8 Å². The molecule has 0 aromatic rings. The van der Waals surface area contributed by atoms with Gasteiger partial charge in [-0.05, 0) is 38.0 Å². The summed E-state index contributed by atoms with van der Waals surface area (Å²) in [4.78, 5) is 26.0. The van der Waals surface area contributed by atoms with Crippen molar-refractivity contribution in [2.45, 2.75) is 58.4 Å². The molecule has 0 aromatic heterocycles. The van der Waals surface area contributed by atoms with Gasteiger partial charge < -0.3 is 10.0 Å². The summed E-state index contributed by atoms with van der Waals surface area (Å²) in [6.07, 6.45) is 5.54. The highest BCUT2D eigenvalue weighted by atomic mass is 16.4. The summed E-state index contributed by atoms with van der Waals surface area (Å²) in [5.41, 5.74) is 0. The molecule has 19 heavy (non-hydrogen) atoms. The highest BCUT2D eigenvalue weighted by Gasteiger charge is 2.45. The minimum absolute atomic E-state index is 0.104. The second kappa shape index (κ2) is 5.93. The van der Waals surface area contributed by atoms with Gasteiger partial charge in [0.2, 0.25) is 5.91 Å². The number of hydrogen-bond acceptors (Lipinski definition) is 2. The van der Waals surface area contributed by atoms with Crippen LogP contribution in [0.3, 0.4) is 0 Å². The first-order valence-electron chi connectivity index (χ1n) is 7.61. The Morgan fingerprint density at radius 1 is 1.16 bits per heavy atom. The summed E-state index contributed by atoms with van der Waals surface area (Å²) >= 11 is 0. The number of carbonyl (C=O) groups is 2. The molecule has 0 bridgehead atoms. The fourth-order valence-corrected chi connectivity index (χ4v) is 3.33. The van der Waals surface area contributed by atoms with E-state index in [1.54, 1.807) is 0 Å². The number of carboxylic acid groups (broad SMARTS) is 1. The van der Waals surface area contributed by atoms with E-state index in [9.17, 15) is 14.7 Å². The van der Waals surface area contributed by atoms with Crippen LogP contribution < -0.4 is 0 Å². The standard InChI is InChI=1S/C15H25NO3/c1-3-7-16(11-5-6-11)14(17)12-8-10(4-2)9-13(12)15(18)19/h10-13H,3-9H2,1-2H3,(H,18,19)/t10?,12-,13+/m0/s1. The normalized spacial score (nSPS) is 30.3. The summed E-state index contributed by atoms with van der Waals surface area (Å²) in [6, 6.07) is 0.391. The van der Waals surface area contributed by atoms with Crippen LogP contribution in [0.15, 0.2) is 0 Å². The third-order valence-electron chi connectivity index (χ3n) is 4.61. The molecule has 2 aliphatic rings. The molecule has 1 amide bonds. The van der Waals surface area contributed by atoms with Crippen molar-refractivity contribution in [2.75, 3.05) is 6.54 Å². The van der Waals surface area contributed by atoms with E-state index in [1.807, 2.05) is 4.90 Å². The van der Waals surface area contributed by atoms with Crippen molar-refractivity contribution in [1.29, 1.82) is 0 Å². The average Bonchev–Trinajstić information content (AvgIpc) is 3.12. The van der Waals surface area contributed by atoms with Gasteiger partial charge in [-0.15, -0.1) is 0 Å². The summed E-state index contributed by atoms with van der Waals surface area (Å²) in [5, 5.41) is 9.34. The lowest BCUT2D eigenvalue weighted by molar-refractivity contribution is -0.149. The molecule has 0 aliphatic heterocycles. The van der Waals surface area contributed by atoms with Crippen molar-refractivity contribution < 1.29 is 14.7 Å². The molecule has 2 rings (SSSR count). The Labute approximate surface area is 115 Å². The van der Waals surface area contributed by atoms with Gasteiger partial charge in [-0.25, -0.2) is 0 Å². The molecular formula is C15H25NO3. The van der Waals surface area contributed by atoms with Crippen LogP contribution >= 0.6 is 0 Å². The second-order valence-corrected chi connectivity index (χ2v) is 6.06. The summed E-state index contributed by atoms with van der Waals surface area (Å²) in [7, 11) is 0. The second-order valence-electron chi connectivity index (χ2n) is 6.06. The first-order valence-corrected chi connectivity index (χ1v) is 7.61. The topological polar surface area (TPSA) is 57.6 Å². The van der Waals surface area contributed by atoms with Gasteiger partial charge in [-0.2, -0.15) is 0 Å². The quantitative estimate of drug-likeness (QED) is 0.804. The van der Waals surface area contributed by atoms with E-state index in [0.717, 1.165) is 38.6 Å². The lowest BCUT2D eigenvalue weighted by atomic mass is 9.94. The Morgan fingerprint density at radius 2 is 1.79 bits per heavy atom. The van der Waals surface area contributed by atoms with E-state index < -0.39 is 11.9 Å². The molecule has 0 saturated heterocycles. The largest absolute Gasteiger partial charge is 0.481 e. The van der Waals surface area contributed by atoms with Crippen LogP contribution in [0.1, 0.15) is 52.4 Å². The predicted molar refractivity (Wildman–Crippen MR) is 72.7 cm³/mol. The smallest absolute Gasteiger partial charge is 0.307 e. The van der Waals surface area contributed by atoms with Gasteiger partial charge in [-0.3, -0.25) is 9.59 Å².